The Morgan fingerprint density at radius 1 is 1.31 bits per heavy atom. The Bertz CT molecular complexity index is 808. The van der Waals surface area contributed by atoms with Crippen molar-refractivity contribution in [1.82, 2.24) is 15.6 Å². The first-order valence-corrected chi connectivity index (χ1v) is 9.67. The third-order valence-corrected chi connectivity index (χ3v) is 4.82. The topological polar surface area (TPSA) is 71.0 Å². The van der Waals surface area contributed by atoms with Crippen molar-refractivity contribution in [3.05, 3.63) is 47.6 Å². The molecule has 3 rings (SSSR count). The summed E-state index contributed by atoms with van der Waals surface area (Å²) < 4.78 is 11.1. The van der Waals surface area contributed by atoms with E-state index in [1.807, 2.05) is 18.2 Å². The van der Waals surface area contributed by atoms with Crippen LogP contribution in [-0.2, 0) is 0 Å². The zero-order chi connectivity index (χ0) is 19.8. The van der Waals surface area contributed by atoms with Gasteiger partial charge in [-0.3, -0.25) is 4.99 Å². The summed E-state index contributed by atoms with van der Waals surface area (Å²) in [5, 5.41) is 7.24. The van der Waals surface area contributed by atoms with Crippen LogP contribution in [0.3, 0.4) is 0 Å². The highest BCUT2D eigenvalue weighted by molar-refractivity contribution is 14.0. The van der Waals surface area contributed by atoms with E-state index in [0.717, 1.165) is 36.9 Å². The molecule has 0 bridgehead atoms. The van der Waals surface area contributed by atoms with Crippen molar-refractivity contribution in [2.24, 2.45) is 4.99 Å². The van der Waals surface area contributed by atoms with Crippen LogP contribution < -0.4 is 25.0 Å². The largest absolute Gasteiger partial charge is 0.495 e. The van der Waals surface area contributed by atoms with E-state index in [1.165, 1.54) is 0 Å². The summed E-state index contributed by atoms with van der Waals surface area (Å²) in [4.78, 5) is 10.7. The molecule has 0 saturated carbocycles. The Kier molecular flexibility index (Phi) is 9.59. The molecular weight excluding hydrogens is 505 g/mol. The number of nitrogens with one attached hydrogen (secondary N) is 2. The van der Waals surface area contributed by atoms with Crippen molar-refractivity contribution in [3.63, 3.8) is 0 Å². The lowest BCUT2D eigenvalue weighted by Crippen LogP contribution is -2.45. The second-order valence-corrected chi connectivity index (χ2v) is 6.79. The molecule has 7 nitrogen and oxygen atoms in total. The minimum atomic E-state index is 0. The number of aliphatic imine (C=N–C) groups is 1. The molecule has 2 N–H and O–H groups in total. The maximum absolute atomic E-state index is 6.03. The van der Waals surface area contributed by atoms with Crippen molar-refractivity contribution in [1.29, 1.82) is 0 Å². The van der Waals surface area contributed by atoms with Gasteiger partial charge in [-0.1, -0.05) is 23.7 Å². The van der Waals surface area contributed by atoms with Gasteiger partial charge in [0, 0.05) is 32.4 Å². The van der Waals surface area contributed by atoms with E-state index in [1.54, 1.807) is 32.5 Å². The van der Waals surface area contributed by atoms with Crippen LogP contribution in [0.15, 0.2) is 47.6 Å². The van der Waals surface area contributed by atoms with Crippen LogP contribution in [0.25, 0.3) is 0 Å². The average molecular weight is 532 g/mol. The number of guanidine groups is 1. The molecule has 1 atom stereocenters. The van der Waals surface area contributed by atoms with Gasteiger partial charge < -0.3 is 25.0 Å². The predicted molar refractivity (Wildman–Crippen MR) is 128 cm³/mol. The lowest BCUT2D eigenvalue weighted by molar-refractivity contribution is 0.310. The van der Waals surface area contributed by atoms with Crippen LogP contribution >= 0.6 is 35.6 Å². The van der Waals surface area contributed by atoms with E-state index in [-0.39, 0.29) is 24.0 Å². The van der Waals surface area contributed by atoms with Gasteiger partial charge in [0.1, 0.15) is 17.4 Å². The second-order valence-electron chi connectivity index (χ2n) is 6.39. The Balaban J connectivity index is 0.00000300. The average Bonchev–Trinajstić information content (AvgIpc) is 3.19. The number of anilines is 1. The van der Waals surface area contributed by atoms with Gasteiger partial charge in [-0.15, -0.1) is 24.0 Å². The van der Waals surface area contributed by atoms with E-state index in [0.29, 0.717) is 30.1 Å². The summed E-state index contributed by atoms with van der Waals surface area (Å²) in [6.45, 7) is 2.89. The van der Waals surface area contributed by atoms with Crippen molar-refractivity contribution < 1.29 is 9.47 Å². The predicted octanol–water partition coefficient (Wildman–Crippen LogP) is 3.18. The number of aromatic nitrogens is 1. The van der Waals surface area contributed by atoms with Crippen molar-refractivity contribution in [2.45, 2.75) is 12.5 Å². The van der Waals surface area contributed by atoms with Crippen LogP contribution in [0, 0.1) is 0 Å². The van der Waals surface area contributed by atoms with E-state index < -0.39 is 0 Å². The molecule has 1 aromatic heterocycles. The highest BCUT2D eigenvalue weighted by Gasteiger charge is 2.25. The summed E-state index contributed by atoms with van der Waals surface area (Å²) in [6.07, 6.45) is 2.68. The van der Waals surface area contributed by atoms with Crippen LogP contribution in [-0.4, -0.2) is 57.4 Å². The Labute approximate surface area is 193 Å². The molecule has 0 aliphatic carbocycles. The number of para-hydroxylation sites is 2. The first-order chi connectivity index (χ1) is 13.7. The number of methoxy groups -OCH3 is 1. The molecule has 158 valence electrons. The van der Waals surface area contributed by atoms with Gasteiger partial charge in [0.25, 0.3) is 0 Å². The van der Waals surface area contributed by atoms with E-state index in [9.17, 15) is 0 Å². The number of benzene rings is 1. The van der Waals surface area contributed by atoms with Gasteiger partial charge in [0.05, 0.1) is 19.3 Å². The number of ether oxygens (including phenoxy) is 2. The number of nitrogens with zero attached hydrogens (tertiary/aromatic N) is 3. The molecule has 0 amide bonds. The number of hydrogen-bond donors (Lipinski definition) is 2. The first-order valence-electron chi connectivity index (χ1n) is 9.29. The van der Waals surface area contributed by atoms with Crippen molar-refractivity contribution in [2.75, 3.05) is 45.3 Å². The zero-order valence-corrected chi connectivity index (χ0v) is 19.7. The molecule has 0 spiro atoms. The lowest BCUT2D eigenvalue weighted by Gasteiger charge is -2.22. The summed E-state index contributed by atoms with van der Waals surface area (Å²) in [6, 6.07) is 11.9. The Hall–Kier alpha value is -1.94. The summed E-state index contributed by atoms with van der Waals surface area (Å²) in [7, 11) is 3.47. The Morgan fingerprint density at radius 2 is 2.14 bits per heavy atom. The van der Waals surface area contributed by atoms with Crippen LogP contribution in [0.5, 0.6) is 11.6 Å². The standard InChI is InChI=1S/C20H26ClN5O2.HI/c1-22-20(24-11-13-28-19-16(21)6-5-10-23-19)25-15-9-12-26(14-15)17-7-3-4-8-18(17)27-2;/h3-8,10,15H,9,11-14H2,1-2H3,(H2,22,24,25);1H. The maximum Gasteiger partial charge on any atom is 0.232 e. The lowest BCUT2D eigenvalue weighted by atomic mass is 10.2. The van der Waals surface area contributed by atoms with Crippen LogP contribution in [0.2, 0.25) is 5.02 Å². The van der Waals surface area contributed by atoms with Gasteiger partial charge in [-0.25, -0.2) is 4.98 Å². The number of halogens is 2. The molecule has 1 saturated heterocycles. The van der Waals surface area contributed by atoms with Gasteiger partial charge >= 0.3 is 0 Å². The zero-order valence-electron chi connectivity index (χ0n) is 16.6. The third-order valence-electron chi connectivity index (χ3n) is 4.54. The van der Waals surface area contributed by atoms with Gasteiger partial charge in [0.15, 0.2) is 5.96 Å². The SMILES string of the molecule is CN=C(NCCOc1ncccc1Cl)NC1CCN(c2ccccc2OC)C1.I. The molecule has 1 aromatic carbocycles. The highest BCUT2D eigenvalue weighted by Crippen LogP contribution is 2.30. The fourth-order valence-electron chi connectivity index (χ4n) is 3.17. The molecule has 1 aliphatic rings. The molecular formula is C20H27ClIN5O2. The monoisotopic (exact) mass is 531 g/mol. The minimum absolute atomic E-state index is 0. The third kappa shape index (κ3) is 6.53. The Morgan fingerprint density at radius 3 is 2.90 bits per heavy atom. The fourth-order valence-corrected chi connectivity index (χ4v) is 3.35. The molecule has 0 radical (unpaired) electrons. The summed E-state index contributed by atoms with van der Waals surface area (Å²) >= 11 is 6.03. The van der Waals surface area contributed by atoms with Crippen LogP contribution in [0.4, 0.5) is 5.69 Å². The minimum Gasteiger partial charge on any atom is -0.495 e. The normalized spacial score (nSPS) is 16.2. The van der Waals surface area contributed by atoms with Crippen molar-refractivity contribution >= 4 is 47.2 Å². The maximum atomic E-state index is 6.03. The molecule has 1 unspecified atom stereocenters. The van der Waals surface area contributed by atoms with Crippen LogP contribution in [0.1, 0.15) is 6.42 Å². The number of hydrogen-bond acceptors (Lipinski definition) is 5. The molecule has 29 heavy (non-hydrogen) atoms. The second kappa shape index (κ2) is 11.9. The van der Waals surface area contributed by atoms with E-state index in [2.05, 4.69) is 31.6 Å². The molecule has 2 heterocycles. The van der Waals surface area contributed by atoms with Gasteiger partial charge in [-0.2, -0.15) is 0 Å². The molecule has 2 aromatic rings. The molecule has 1 fully saturated rings. The van der Waals surface area contributed by atoms with Gasteiger partial charge in [0.2, 0.25) is 5.88 Å². The molecule has 1 aliphatic heterocycles. The first kappa shape index (κ1) is 23.3. The van der Waals surface area contributed by atoms with Gasteiger partial charge in [-0.05, 0) is 30.7 Å². The number of rotatable bonds is 7. The smallest absolute Gasteiger partial charge is 0.232 e. The number of pyridine rings is 1. The summed E-state index contributed by atoms with van der Waals surface area (Å²) in [5.74, 6) is 2.09. The van der Waals surface area contributed by atoms with E-state index in [4.69, 9.17) is 21.1 Å². The summed E-state index contributed by atoms with van der Waals surface area (Å²) in [5.41, 5.74) is 1.12. The quantitative estimate of drug-likeness (QED) is 0.248. The van der Waals surface area contributed by atoms with Crippen molar-refractivity contribution in [3.8, 4) is 11.6 Å². The van der Waals surface area contributed by atoms with E-state index >= 15 is 0 Å². The fraction of sp³-hybridized carbons (Fsp3) is 0.400. The molecule has 9 heteroatoms. The highest BCUT2D eigenvalue weighted by atomic mass is 127.